The Morgan fingerprint density at radius 2 is 1.74 bits per heavy atom. The van der Waals surface area contributed by atoms with E-state index in [9.17, 15) is 8.78 Å². The van der Waals surface area contributed by atoms with Crippen LogP contribution >= 0.6 is 0 Å². The Morgan fingerprint density at radius 1 is 1.11 bits per heavy atom. The maximum atomic E-state index is 13.1. The molecule has 1 N–H and O–H groups in total. The maximum Gasteiger partial charge on any atom is 0.126 e. The molecule has 0 radical (unpaired) electrons. The van der Waals surface area contributed by atoms with Gasteiger partial charge < -0.3 is 5.32 Å². The highest BCUT2D eigenvalue weighted by molar-refractivity contribution is 5.17. The molecule has 3 heteroatoms. The maximum absolute atomic E-state index is 13.1. The Kier molecular flexibility index (Phi) is 5.32. The van der Waals surface area contributed by atoms with Gasteiger partial charge in [-0.2, -0.15) is 0 Å². The number of halogens is 2. The smallest absolute Gasteiger partial charge is 0.126 e. The van der Waals surface area contributed by atoms with Crippen molar-refractivity contribution in [3.63, 3.8) is 0 Å². The van der Waals surface area contributed by atoms with E-state index in [0.717, 1.165) is 18.4 Å². The van der Waals surface area contributed by atoms with Crippen LogP contribution in [0.1, 0.15) is 51.0 Å². The predicted molar refractivity (Wildman–Crippen MR) is 73.9 cm³/mol. The Balaban J connectivity index is 1.91. The summed E-state index contributed by atoms with van der Waals surface area (Å²) >= 11 is 0. The van der Waals surface area contributed by atoms with Gasteiger partial charge in [0.05, 0.1) is 0 Å². The molecule has 0 bridgehead atoms. The van der Waals surface area contributed by atoms with E-state index >= 15 is 0 Å². The molecule has 1 aromatic rings. The zero-order valence-corrected chi connectivity index (χ0v) is 11.6. The molecule has 2 rings (SSSR count). The lowest BCUT2D eigenvalue weighted by Crippen LogP contribution is -2.36. The van der Waals surface area contributed by atoms with E-state index in [0.29, 0.717) is 18.2 Å². The first-order valence-electron chi connectivity index (χ1n) is 7.37. The van der Waals surface area contributed by atoms with Crippen molar-refractivity contribution in [1.82, 2.24) is 5.32 Å². The highest BCUT2D eigenvalue weighted by Gasteiger charge is 2.21. The van der Waals surface area contributed by atoms with E-state index in [2.05, 4.69) is 12.2 Å². The monoisotopic (exact) mass is 267 g/mol. The summed E-state index contributed by atoms with van der Waals surface area (Å²) in [5.41, 5.74) is 0.687. The van der Waals surface area contributed by atoms with Crippen LogP contribution in [0.15, 0.2) is 18.2 Å². The lowest BCUT2D eigenvalue weighted by atomic mass is 9.83. The van der Waals surface area contributed by atoms with Crippen LogP contribution in [-0.2, 0) is 6.54 Å². The second-order valence-corrected chi connectivity index (χ2v) is 5.57. The van der Waals surface area contributed by atoms with Gasteiger partial charge in [0, 0.05) is 18.7 Å². The first-order valence-corrected chi connectivity index (χ1v) is 7.37. The molecule has 0 aromatic heterocycles. The van der Waals surface area contributed by atoms with Crippen molar-refractivity contribution in [2.75, 3.05) is 0 Å². The van der Waals surface area contributed by atoms with Gasteiger partial charge in [-0.25, -0.2) is 8.78 Å². The summed E-state index contributed by atoms with van der Waals surface area (Å²) in [5, 5.41) is 3.48. The summed E-state index contributed by atoms with van der Waals surface area (Å²) < 4.78 is 26.2. The van der Waals surface area contributed by atoms with Crippen LogP contribution < -0.4 is 5.32 Å². The predicted octanol–water partition coefficient (Wildman–Crippen LogP) is 4.41. The lowest BCUT2D eigenvalue weighted by molar-refractivity contribution is 0.261. The van der Waals surface area contributed by atoms with Gasteiger partial charge in [-0.3, -0.25) is 0 Å². The fourth-order valence-corrected chi connectivity index (χ4v) is 3.14. The van der Waals surface area contributed by atoms with E-state index in [1.807, 2.05) is 0 Å². The number of rotatable bonds is 5. The Morgan fingerprint density at radius 3 is 2.32 bits per heavy atom. The minimum Gasteiger partial charge on any atom is -0.310 e. The van der Waals surface area contributed by atoms with Gasteiger partial charge in [-0.1, -0.05) is 26.2 Å². The highest BCUT2D eigenvalue weighted by atomic mass is 19.1. The molecule has 0 spiro atoms. The van der Waals surface area contributed by atoms with E-state index in [1.165, 1.54) is 44.2 Å². The molecule has 1 saturated carbocycles. The Labute approximate surface area is 114 Å². The number of hydrogen-bond acceptors (Lipinski definition) is 1. The summed E-state index contributed by atoms with van der Waals surface area (Å²) in [7, 11) is 0. The molecule has 1 fully saturated rings. The van der Waals surface area contributed by atoms with Crippen molar-refractivity contribution in [2.45, 2.75) is 58.0 Å². The van der Waals surface area contributed by atoms with Crippen molar-refractivity contribution >= 4 is 0 Å². The summed E-state index contributed by atoms with van der Waals surface area (Å²) in [4.78, 5) is 0. The van der Waals surface area contributed by atoms with Crippen LogP contribution in [0.25, 0.3) is 0 Å². The topological polar surface area (TPSA) is 12.0 Å². The van der Waals surface area contributed by atoms with Crippen LogP contribution in [0.3, 0.4) is 0 Å². The average molecular weight is 267 g/mol. The van der Waals surface area contributed by atoms with E-state index < -0.39 is 11.6 Å². The van der Waals surface area contributed by atoms with Gasteiger partial charge in [-0.05, 0) is 42.9 Å². The molecule has 1 unspecified atom stereocenters. The van der Waals surface area contributed by atoms with Gasteiger partial charge in [-0.15, -0.1) is 0 Å². The normalized spacial score (nSPS) is 18.5. The molecular weight excluding hydrogens is 244 g/mol. The molecule has 1 atom stereocenters. The number of nitrogens with one attached hydrogen (secondary N) is 1. The van der Waals surface area contributed by atoms with Crippen LogP contribution in [0, 0.1) is 17.6 Å². The van der Waals surface area contributed by atoms with Crippen LogP contribution in [0.4, 0.5) is 8.78 Å². The summed E-state index contributed by atoms with van der Waals surface area (Å²) in [5.74, 6) is -0.276. The van der Waals surface area contributed by atoms with Crippen molar-refractivity contribution in [3.8, 4) is 0 Å². The summed E-state index contributed by atoms with van der Waals surface area (Å²) in [6.45, 7) is 2.72. The second-order valence-electron chi connectivity index (χ2n) is 5.57. The number of hydrogen-bond donors (Lipinski definition) is 1. The molecule has 0 aliphatic heterocycles. The summed E-state index contributed by atoms with van der Waals surface area (Å²) in [6.07, 6.45) is 7.62. The third kappa shape index (κ3) is 4.27. The van der Waals surface area contributed by atoms with E-state index in [-0.39, 0.29) is 0 Å². The highest BCUT2D eigenvalue weighted by Crippen LogP contribution is 2.27. The minimum atomic E-state index is -0.498. The second kappa shape index (κ2) is 6.99. The number of benzene rings is 1. The lowest BCUT2D eigenvalue weighted by Gasteiger charge is -2.30. The van der Waals surface area contributed by atoms with Gasteiger partial charge in [0.1, 0.15) is 11.6 Å². The molecule has 106 valence electrons. The van der Waals surface area contributed by atoms with Gasteiger partial charge >= 0.3 is 0 Å². The molecule has 0 amide bonds. The minimum absolute atomic E-state index is 0.464. The SMILES string of the molecule is CCC(NCc1cc(F)cc(F)c1)C1CCCCC1. The Bertz CT molecular complexity index is 379. The largest absolute Gasteiger partial charge is 0.310 e. The quantitative estimate of drug-likeness (QED) is 0.833. The van der Waals surface area contributed by atoms with Crippen molar-refractivity contribution in [1.29, 1.82) is 0 Å². The molecule has 1 aromatic carbocycles. The molecule has 1 aliphatic carbocycles. The van der Waals surface area contributed by atoms with Crippen LogP contribution in [0.5, 0.6) is 0 Å². The molecule has 1 nitrogen and oxygen atoms in total. The molecule has 19 heavy (non-hydrogen) atoms. The molecule has 0 saturated heterocycles. The van der Waals surface area contributed by atoms with E-state index in [1.54, 1.807) is 0 Å². The third-order valence-corrected chi connectivity index (χ3v) is 4.15. The summed E-state index contributed by atoms with van der Waals surface area (Å²) in [6, 6.07) is 4.20. The third-order valence-electron chi connectivity index (χ3n) is 4.15. The first-order chi connectivity index (χ1) is 9.19. The zero-order valence-electron chi connectivity index (χ0n) is 11.6. The molecule has 0 heterocycles. The van der Waals surface area contributed by atoms with Gasteiger partial charge in [0.25, 0.3) is 0 Å². The fraction of sp³-hybridized carbons (Fsp3) is 0.625. The van der Waals surface area contributed by atoms with Gasteiger partial charge in [0.2, 0.25) is 0 Å². The zero-order chi connectivity index (χ0) is 13.7. The van der Waals surface area contributed by atoms with Crippen LogP contribution in [0.2, 0.25) is 0 Å². The van der Waals surface area contributed by atoms with Gasteiger partial charge in [0.15, 0.2) is 0 Å². The van der Waals surface area contributed by atoms with Crippen molar-refractivity contribution in [2.24, 2.45) is 5.92 Å². The van der Waals surface area contributed by atoms with Crippen molar-refractivity contribution < 1.29 is 8.78 Å². The van der Waals surface area contributed by atoms with Crippen LogP contribution in [-0.4, -0.2) is 6.04 Å². The average Bonchev–Trinajstić information content (AvgIpc) is 2.39. The van der Waals surface area contributed by atoms with Crippen molar-refractivity contribution in [3.05, 3.63) is 35.4 Å². The standard InChI is InChI=1S/C16H23F2N/c1-2-16(13-6-4-3-5-7-13)19-11-12-8-14(17)10-15(18)9-12/h8-10,13,16,19H,2-7,11H2,1H3. The molecule has 1 aliphatic rings. The Hall–Kier alpha value is -0.960. The van der Waals surface area contributed by atoms with E-state index in [4.69, 9.17) is 0 Å². The molecular formula is C16H23F2N. The first kappa shape index (κ1) is 14.4. The fourth-order valence-electron chi connectivity index (χ4n) is 3.14.